The van der Waals surface area contributed by atoms with E-state index >= 15 is 0 Å². The molecule has 1 fully saturated rings. The van der Waals surface area contributed by atoms with E-state index in [2.05, 4.69) is 4.98 Å². The molecule has 1 saturated heterocycles. The minimum atomic E-state index is -0.0268. The molecule has 2 N–H and O–H groups in total. The third-order valence-electron chi connectivity index (χ3n) is 2.46. The van der Waals surface area contributed by atoms with Crippen LogP contribution in [0.1, 0.15) is 49.1 Å². The Morgan fingerprint density at radius 1 is 1.64 bits per heavy atom. The average Bonchev–Trinajstić information content (AvgIpc) is 2.68. The van der Waals surface area contributed by atoms with Crippen LogP contribution in [0.3, 0.4) is 0 Å². The SMILES string of the molecule is CC(N)c1coc(C2CCCCS2)n1. The van der Waals surface area contributed by atoms with Crippen LogP contribution >= 0.6 is 11.8 Å². The van der Waals surface area contributed by atoms with E-state index in [0.29, 0.717) is 5.25 Å². The molecule has 2 atom stereocenters. The fourth-order valence-electron chi connectivity index (χ4n) is 1.59. The summed E-state index contributed by atoms with van der Waals surface area (Å²) in [5.74, 6) is 2.09. The largest absolute Gasteiger partial charge is 0.447 e. The Hall–Kier alpha value is -0.480. The fraction of sp³-hybridized carbons (Fsp3) is 0.700. The fourth-order valence-corrected chi connectivity index (χ4v) is 2.83. The Morgan fingerprint density at radius 2 is 2.50 bits per heavy atom. The molecule has 0 bridgehead atoms. The van der Waals surface area contributed by atoms with Gasteiger partial charge in [0.05, 0.1) is 10.9 Å². The van der Waals surface area contributed by atoms with Crippen LogP contribution in [0.25, 0.3) is 0 Å². The number of hydrogen-bond donors (Lipinski definition) is 1. The van der Waals surface area contributed by atoms with Gasteiger partial charge in [0.15, 0.2) is 0 Å². The standard InChI is InChI=1S/C10H16N2OS/c1-7(11)8-6-13-10(12-8)9-4-2-3-5-14-9/h6-7,9H,2-5,11H2,1H3. The van der Waals surface area contributed by atoms with E-state index < -0.39 is 0 Å². The summed E-state index contributed by atoms with van der Waals surface area (Å²) in [5, 5.41) is 0.455. The van der Waals surface area contributed by atoms with Gasteiger partial charge in [-0.25, -0.2) is 4.98 Å². The lowest BCUT2D eigenvalue weighted by molar-refractivity contribution is 0.473. The molecular weight excluding hydrogens is 196 g/mol. The molecule has 0 spiro atoms. The molecule has 2 rings (SSSR count). The second kappa shape index (κ2) is 4.36. The molecule has 0 amide bonds. The van der Waals surface area contributed by atoms with Crippen LogP contribution in [-0.4, -0.2) is 10.7 Å². The van der Waals surface area contributed by atoms with Crippen molar-refractivity contribution in [1.29, 1.82) is 0 Å². The van der Waals surface area contributed by atoms with E-state index in [0.717, 1.165) is 11.6 Å². The zero-order valence-corrected chi connectivity index (χ0v) is 9.22. The van der Waals surface area contributed by atoms with E-state index in [4.69, 9.17) is 10.2 Å². The maximum Gasteiger partial charge on any atom is 0.207 e. The van der Waals surface area contributed by atoms with Crippen molar-refractivity contribution in [1.82, 2.24) is 4.98 Å². The van der Waals surface area contributed by atoms with Crippen LogP contribution < -0.4 is 5.73 Å². The first-order chi connectivity index (χ1) is 6.77. The Labute approximate surface area is 88.5 Å². The predicted octanol–water partition coefficient (Wildman–Crippen LogP) is 2.65. The molecule has 14 heavy (non-hydrogen) atoms. The second-order valence-corrected chi connectivity index (χ2v) is 5.07. The lowest BCUT2D eigenvalue weighted by Crippen LogP contribution is -2.06. The smallest absolute Gasteiger partial charge is 0.207 e. The van der Waals surface area contributed by atoms with E-state index in [1.165, 1.54) is 25.0 Å². The van der Waals surface area contributed by atoms with Crippen LogP contribution in [0, 0.1) is 0 Å². The molecule has 1 aromatic heterocycles. The van der Waals surface area contributed by atoms with Crippen LogP contribution in [0.15, 0.2) is 10.7 Å². The third kappa shape index (κ3) is 2.12. The molecule has 0 aromatic carbocycles. The van der Waals surface area contributed by atoms with Crippen molar-refractivity contribution in [3.05, 3.63) is 17.8 Å². The maximum absolute atomic E-state index is 5.73. The highest BCUT2D eigenvalue weighted by atomic mass is 32.2. The number of nitrogens with two attached hydrogens (primary N) is 1. The Bertz CT molecular complexity index is 292. The van der Waals surface area contributed by atoms with Gasteiger partial charge in [0.25, 0.3) is 0 Å². The molecule has 1 aromatic rings. The second-order valence-electron chi connectivity index (χ2n) is 3.75. The number of nitrogens with zero attached hydrogens (tertiary/aromatic N) is 1. The quantitative estimate of drug-likeness (QED) is 0.818. The molecule has 0 aliphatic carbocycles. The van der Waals surface area contributed by atoms with Crippen LogP contribution in [-0.2, 0) is 0 Å². The number of thioether (sulfide) groups is 1. The monoisotopic (exact) mass is 212 g/mol. The zero-order valence-electron chi connectivity index (χ0n) is 8.40. The van der Waals surface area contributed by atoms with Gasteiger partial charge in [-0.15, -0.1) is 11.8 Å². The van der Waals surface area contributed by atoms with Gasteiger partial charge < -0.3 is 10.2 Å². The Balaban J connectivity index is 2.07. The van der Waals surface area contributed by atoms with Crippen LogP contribution in [0.5, 0.6) is 0 Å². The summed E-state index contributed by atoms with van der Waals surface area (Å²) in [6.07, 6.45) is 5.48. The summed E-state index contributed by atoms with van der Waals surface area (Å²) >= 11 is 1.94. The summed E-state index contributed by atoms with van der Waals surface area (Å²) in [7, 11) is 0. The molecule has 0 radical (unpaired) electrons. The minimum Gasteiger partial charge on any atom is -0.447 e. The number of hydrogen-bond acceptors (Lipinski definition) is 4. The van der Waals surface area contributed by atoms with E-state index in [-0.39, 0.29) is 6.04 Å². The van der Waals surface area contributed by atoms with Crippen molar-refractivity contribution in [3.8, 4) is 0 Å². The third-order valence-corrected chi connectivity index (χ3v) is 3.83. The first-order valence-electron chi connectivity index (χ1n) is 5.10. The molecule has 3 nitrogen and oxygen atoms in total. The van der Waals surface area contributed by atoms with Gasteiger partial charge in [0.1, 0.15) is 6.26 Å². The summed E-state index contributed by atoms with van der Waals surface area (Å²) in [5.41, 5.74) is 6.59. The lowest BCUT2D eigenvalue weighted by atomic mass is 10.2. The summed E-state index contributed by atoms with van der Waals surface area (Å²) in [6, 6.07) is -0.0268. The maximum atomic E-state index is 5.73. The van der Waals surface area contributed by atoms with Crippen molar-refractivity contribution in [3.63, 3.8) is 0 Å². The van der Waals surface area contributed by atoms with Crippen molar-refractivity contribution in [2.24, 2.45) is 5.73 Å². The summed E-state index contributed by atoms with van der Waals surface area (Å²) in [6.45, 7) is 1.93. The van der Waals surface area contributed by atoms with Gasteiger partial charge >= 0.3 is 0 Å². The van der Waals surface area contributed by atoms with Crippen molar-refractivity contribution in [2.75, 3.05) is 5.75 Å². The highest BCUT2D eigenvalue weighted by Gasteiger charge is 2.21. The highest BCUT2D eigenvalue weighted by molar-refractivity contribution is 7.99. The molecule has 1 aliphatic rings. The van der Waals surface area contributed by atoms with Gasteiger partial charge in [-0.05, 0) is 25.5 Å². The van der Waals surface area contributed by atoms with Crippen LogP contribution in [0.2, 0.25) is 0 Å². The number of aromatic nitrogens is 1. The number of rotatable bonds is 2. The van der Waals surface area contributed by atoms with Crippen LogP contribution in [0.4, 0.5) is 0 Å². The minimum absolute atomic E-state index is 0.0268. The first-order valence-corrected chi connectivity index (χ1v) is 6.15. The predicted molar refractivity (Wildman–Crippen MR) is 58.2 cm³/mol. The topological polar surface area (TPSA) is 52.0 Å². The van der Waals surface area contributed by atoms with Gasteiger partial charge in [0, 0.05) is 6.04 Å². The van der Waals surface area contributed by atoms with Gasteiger partial charge in [0.2, 0.25) is 5.89 Å². The van der Waals surface area contributed by atoms with Gasteiger partial charge in [-0.2, -0.15) is 0 Å². The molecular formula is C10H16N2OS. The number of oxazole rings is 1. The lowest BCUT2D eigenvalue weighted by Gasteiger charge is -2.17. The van der Waals surface area contributed by atoms with Crippen molar-refractivity contribution in [2.45, 2.75) is 37.5 Å². The normalized spacial score (nSPS) is 24.9. The summed E-state index contributed by atoms with van der Waals surface area (Å²) in [4.78, 5) is 4.42. The van der Waals surface area contributed by atoms with Crippen molar-refractivity contribution >= 4 is 11.8 Å². The molecule has 2 heterocycles. The van der Waals surface area contributed by atoms with E-state index in [9.17, 15) is 0 Å². The zero-order chi connectivity index (χ0) is 9.97. The summed E-state index contributed by atoms with van der Waals surface area (Å²) < 4.78 is 5.45. The highest BCUT2D eigenvalue weighted by Crippen LogP contribution is 2.37. The van der Waals surface area contributed by atoms with E-state index in [1.807, 2.05) is 18.7 Å². The van der Waals surface area contributed by atoms with Gasteiger partial charge in [-0.1, -0.05) is 6.42 Å². The Kier molecular flexibility index (Phi) is 3.13. The Morgan fingerprint density at radius 3 is 3.07 bits per heavy atom. The first kappa shape index (κ1) is 10.1. The molecule has 4 heteroatoms. The van der Waals surface area contributed by atoms with Gasteiger partial charge in [-0.3, -0.25) is 0 Å². The molecule has 0 saturated carbocycles. The average molecular weight is 212 g/mol. The molecule has 78 valence electrons. The van der Waals surface area contributed by atoms with Crippen molar-refractivity contribution < 1.29 is 4.42 Å². The van der Waals surface area contributed by atoms with E-state index in [1.54, 1.807) is 6.26 Å². The molecule has 2 unspecified atom stereocenters. The molecule has 1 aliphatic heterocycles.